The highest BCUT2D eigenvalue weighted by Gasteiger charge is 2.24. The van der Waals surface area contributed by atoms with Crippen molar-refractivity contribution in [2.75, 3.05) is 13.1 Å². The summed E-state index contributed by atoms with van der Waals surface area (Å²) >= 11 is 0. The molecule has 0 saturated carbocycles. The van der Waals surface area contributed by atoms with Gasteiger partial charge in [0.25, 0.3) is 0 Å². The van der Waals surface area contributed by atoms with Gasteiger partial charge in [0.2, 0.25) is 15.7 Å². The Morgan fingerprint density at radius 3 is 2.24 bits per heavy atom. The summed E-state index contributed by atoms with van der Waals surface area (Å²) in [5.41, 5.74) is 0.675. The molecule has 3 aromatic rings. The first-order valence-electron chi connectivity index (χ1n) is 9.74. The van der Waals surface area contributed by atoms with E-state index in [1.807, 2.05) is 24.8 Å². The number of aromatic nitrogens is 1. The van der Waals surface area contributed by atoms with Crippen molar-refractivity contribution in [1.82, 2.24) is 9.47 Å². The first-order chi connectivity index (χ1) is 13.9. The van der Waals surface area contributed by atoms with E-state index in [0.717, 1.165) is 25.0 Å². The Kier molecular flexibility index (Phi) is 6.37. The Hall–Kier alpha value is -2.67. The minimum Gasteiger partial charge on any atom is -0.341 e. The van der Waals surface area contributed by atoms with Crippen LogP contribution in [-0.4, -0.2) is 36.9 Å². The number of sulfone groups is 1. The number of amides is 1. The predicted octanol–water partition coefficient (Wildman–Crippen LogP) is 4.26. The fourth-order valence-electron chi connectivity index (χ4n) is 3.45. The third-order valence-electron chi connectivity index (χ3n) is 4.81. The SMILES string of the molecule is CCCN(CCC)C(=O)Cn1cc(S(=O)(=O)c2ccc(F)cc2)c2ccccc21. The molecule has 29 heavy (non-hydrogen) atoms. The molecule has 0 spiro atoms. The second-order valence-electron chi connectivity index (χ2n) is 6.98. The molecular weight excluding hydrogens is 391 g/mol. The number of rotatable bonds is 8. The highest BCUT2D eigenvalue weighted by Crippen LogP contribution is 2.30. The lowest BCUT2D eigenvalue weighted by Crippen LogP contribution is -2.35. The fraction of sp³-hybridized carbons (Fsp3) is 0.318. The van der Waals surface area contributed by atoms with Gasteiger partial charge >= 0.3 is 0 Å². The first kappa shape index (κ1) is 21.0. The van der Waals surface area contributed by atoms with E-state index in [9.17, 15) is 17.6 Å². The lowest BCUT2D eigenvalue weighted by atomic mass is 10.2. The zero-order chi connectivity index (χ0) is 21.0. The normalized spacial score (nSPS) is 11.7. The van der Waals surface area contributed by atoms with Crippen LogP contribution in [0.1, 0.15) is 26.7 Å². The zero-order valence-corrected chi connectivity index (χ0v) is 17.5. The molecule has 0 aliphatic rings. The number of carbonyl (C=O) groups excluding carboxylic acids is 1. The molecule has 0 atom stereocenters. The summed E-state index contributed by atoms with van der Waals surface area (Å²) in [6, 6.07) is 11.9. The van der Waals surface area contributed by atoms with Gasteiger partial charge in [-0.15, -0.1) is 0 Å². The number of hydrogen-bond acceptors (Lipinski definition) is 3. The minimum atomic E-state index is -3.85. The van der Waals surface area contributed by atoms with Gasteiger partial charge in [-0.1, -0.05) is 32.0 Å². The second-order valence-corrected chi connectivity index (χ2v) is 8.89. The number of carbonyl (C=O) groups is 1. The van der Waals surface area contributed by atoms with Crippen LogP contribution in [-0.2, 0) is 21.2 Å². The van der Waals surface area contributed by atoms with Gasteiger partial charge in [0.15, 0.2) is 0 Å². The maximum absolute atomic E-state index is 13.2. The van der Waals surface area contributed by atoms with Crippen molar-refractivity contribution in [3.05, 3.63) is 60.5 Å². The van der Waals surface area contributed by atoms with Crippen LogP contribution in [0.5, 0.6) is 0 Å². The highest BCUT2D eigenvalue weighted by atomic mass is 32.2. The van der Waals surface area contributed by atoms with E-state index in [-0.39, 0.29) is 22.2 Å². The van der Waals surface area contributed by atoms with E-state index >= 15 is 0 Å². The van der Waals surface area contributed by atoms with E-state index < -0.39 is 15.7 Å². The molecule has 0 saturated heterocycles. The summed E-state index contributed by atoms with van der Waals surface area (Å²) in [5, 5.41) is 0.544. The molecule has 0 aliphatic carbocycles. The van der Waals surface area contributed by atoms with E-state index in [4.69, 9.17) is 0 Å². The Morgan fingerprint density at radius 2 is 1.62 bits per heavy atom. The van der Waals surface area contributed by atoms with Crippen molar-refractivity contribution >= 4 is 26.6 Å². The molecule has 1 heterocycles. The van der Waals surface area contributed by atoms with Crippen LogP contribution in [0.3, 0.4) is 0 Å². The first-order valence-corrected chi connectivity index (χ1v) is 11.2. The molecule has 5 nitrogen and oxygen atoms in total. The standard InChI is InChI=1S/C22H25FN2O3S/c1-3-13-24(14-4-2)22(26)16-25-15-21(19-7-5-6-8-20(19)25)29(27,28)18-11-9-17(23)10-12-18/h5-12,15H,3-4,13-14,16H2,1-2H3. The van der Waals surface area contributed by atoms with Crippen molar-refractivity contribution in [3.8, 4) is 0 Å². The van der Waals surface area contributed by atoms with Crippen LogP contribution < -0.4 is 0 Å². The Bertz CT molecular complexity index is 1100. The summed E-state index contributed by atoms with van der Waals surface area (Å²) < 4.78 is 41.3. The monoisotopic (exact) mass is 416 g/mol. The van der Waals surface area contributed by atoms with Gasteiger partial charge in [0.05, 0.1) is 9.79 Å². The van der Waals surface area contributed by atoms with Crippen LogP contribution in [0.4, 0.5) is 4.39 Å². The van der Waals surface area contributed by atoms with Crippen LogP contribution in [0.2, 0.25) is 0 Å². The lowest BCUT2D eigenvalue weighted by Gasteiger charge is -2.22. The van der Waals surface area contributed by atoms with Gasteiger partial charge in [0, 0.05) is 30.2 Å². The van der Waals surface area contributed by atoms with E-state index in [0.29, 0.717) is 24.0 Å². The average molecular weight is 417 g/mol. The third kappa shape index (κ3) is 4.34. The topological polar surface area (TPSA) is 59.4 Å². The van der Waals surface area contributed by atoms with E-state index in [2.05, 4.69) is 0 Å². The summed E-state index contributed by atoms with van der Waals surface area (Å²) in [4.78, 5) is 14.8. The van der Waals surface area contributed by atoms with Crippen LogP contribution in [0, 0.1) is 5.82 Å². The quantitative estimate of drug-likeness (QED) is 0.516. The number of hydrogen-bond donors (Lipinski definition) is 0. The number of halogens is 1. The lowest BCUT2D eigenvalue weighted by molar-refractivity contribution is -0.131. The van der Waals surface area contributed by atoms with Crippen LogP contribution >= 0.6 is 0 Å². The molecule has 2 aromatic carbocycles. The molecule has 0 unspecified atom stereocenters. The van der Waals surface area contributed by atoms with Crippen molar-refractivity contribution in [2.45, 2.75) is 43.0 Å². The Balaban J connectivity index is 2.03. The molecule has 0 fully saturated rings. The molecule has 1 amide bonds. The van der Waals surface area contributed by atoms with Gasteiger partial charge in [-0.3, -0.25) is 4.79 Å². The summed E-state index contributed by atoms with van der Waals surface area (Å²) in [6.45, 7) is 5.46. The largest absolute Gasteiger partial charge is 0.341 e. The van der Waals surface area contributed by atoms with Crippen molar-refractivity contribution in [2.24, 2.45) is 0 Å². The Morgan fingerprint density at radius 1 is 1.00 bits per heavy atom. The van der Waals surface area contributed by atoms with Crippen LogP contribution in [0.25, 0.3) is 10.9 Å². The van der Waals surface area contributed by atoms with E-state index in [1.54, 1.807) is 22.8 Å². The predicted molar refractivity (Wildman–Crippen MR) is 111 cm³/mol. The van der Waals surface area contributed by atoms with Gasteiger partial charge < -0.3 is 9.47 Å². The maximum atomic E-state index is 13.2. The molecule has 0 aliphatic heterocycles. The molecular formula is C22H25FN2O3S. The number of nitrogens with zero attached hydrogens (tertiary/aromatic N) is 2. The molecule has 0 N–H and O–H groups in total. The second kappa shape index (κ2) is 8.78. The van der Waals surface area contributed by atoms with Gasteiger partial charge in [0.1, 0.15) is 12.4 Å². The zero-order valence-electron chi connectivity index (χ0n) is 16.6. The molecule has 0 bridgehead atoms. The van der Waals surface area contributed by atoms with Crippen LogP contribution in [0.15, 0.2) is 64.5 Å². The molecule has 7 heteroatoms. The molecule has 0 radical (unpaired) electrons. The smallest absolute Gasteiger partial charge is 0.242 e. The van der Waals surface area contributed by atoms with Crippen molar-refractivity contribution < 1.29 is 17.6 Å². The summed E-state index contributed by atoms with van der Waals surface area (Å²) in [6.07, 6.45) is 3.24. The number of para-hydroxylation sites is 1. The van der Waals surface area contributed by atoms with E-state index in [1.165, 1.54) is 18.3 Å². The Labute approximate surface area is 170 Å². The average Bonchev–Trinajstić information content (AvgIpc) is 3.07. The highest BCUT2D eigenvalue weighted by molar-refractivity contribution is 7.91. The molecule has 3 rings (SSSR count). The molecule has 154 valence electrons. The van der Waals surface area contributed by atoms with Crippen molar-refractivity contribution in [1.29, 1.82) is 0 Å². The van der Waals surface area contributed by atoms with Gasteiger partial charge in [-0.25, -0.2) is 12.8 Å². The summed E-state index contributed by atoms with van der Waals surface area (Å²) in [5.74, 6) is -0.538. The molecule has 1 aromatic heterocycles. The third-order valence-corrected chi connectivity index (χ3v) is 6.61. The fourth-order valence-corrected chi connectivity index (χ4v) is 4.92. The maximum Gasteiger partial charge on any atom is 0.242 e. The van der Waals surface area contributed by atoms with Gasteiger partial charge in [-0.05, 0) is 43.2 Å². The van der Waals surface area contributed by atoms with Gasteiger partial charge in [-0.2, -0.15) is 0 Å². The number of fused-ring (bicyclic) bond motifs is 1. The summed E-state index contributed by atoms with van der Waals surface area (Å²) in [7, 11) is -3.85. The minimum absolute atomic E-state index is 0.0201. The number of benzene rings is 2. The van der Waals surface area contributed by atoms with Crippen molar-refractivity contribution in [3.63, 3.8) is 0 Å².